The van der Waals surface area contributed by atoms with Gasteiger partial charge in [-0.25, -0.2) is 9.48 Å². The third kappa shape index (κ3) is 3.03. The summed E-state index contributed by atoms with van der Waals surface area (Å²) in [6, 6.07) is 0. The summed E-state index contributed by atoms with van der Waals surface area (Å²) in [5.41, 5.74) is 0.818. The summed E-state index contributed by atoms with van der Waals surface area (Å²) < 4.78 is 1.68. The van der Waals surface area contributed by atoms with Gasteiger partial charge in [0.05, 0.1) is 5.69 Å². The van der Waals surface area contributed by atoms with Crippen LogP contribution in [0.15, 0.2) is 0 Å². The summed E-state index contributed by atoms with van der Waals surface area (Å²) in [6.45, 7) is 0.779. The number of aromatic nitrogens is 3. The van der Waals surface area contributed by atoms with Crippen molar-refractivity contribution in [2.75, 3.05) is 6.61 Å². The highest BCUT2D eigenvalue weighted by Crippen LogP contribution is 2.33. The average Bonchev–Trinajstić information content (AvgIpc) is 3.01. The first-order chi connectivity index (χ1) is 8.22. The Morgan fingerprint density at radius 2 is 2.18 bits per heavy atom. The number of rotatable bonds is 7. The molecule has 0 aromatic carbocycles. The van der Waals surface area contributed by atoms with Gasteiger partial charge in [0, 0.05) is 13.2 Å². The molecule has 0 amide bonds. The molecule has 0 saturated heterocycles. The van der Waals surface area contributed by atoms with Gasteiger partial charge in [-0.05, 0) is 38.0 Å². The third-order valence-corrected chi connectivity index (χ3v) is 3.00. The highest BCUT2D eigenvalue weighted by Gasteiger charge is 2.27. The third-order valence-electron chi connectivity index (χ3n) is 3.00. The van der Waals surface area contributed by atoms with E-state index in [-0.39, 0.29) is 12.3 Å². The molecular weight excluding hydrogens is 222 g/mol. The Labute approximate surface area is 99.3 Å². The van der Waals surface area contributed by atoms with E-state index in [9.17, 15) is 4.79 Å². The highest BCUT2D eigenvalue weighted by atomic mass is 16.4. The zero-order valence-electron chi connectivity index (χ0n) is 9.67. The van der Waals surface area contributed by atoms with Crippen molar-refractivity contribution in [2.45, 2.75) is 38.6 Å². The zero-order valence-corrected chi connectivity index (χ0v) is 9.67. The molecule has 17 heavy (non-hydrogen) atoms. The molecule has 1 fully saturated rings. The van der Waals surface area contributed by atoms with Gasteiger partial charge < -0.3 is 10.2 Å². The highest BCUT2D eigenvalue weighted by molar-refractivity contribution is 5.86. The molecule has 1 aromatic heterocycles. The molecule has 6 heteroatoms. The molecule has 1 saturated carbocycles. The SMILES string of the molecule is O=C(O)c1nnn(CCCCO)c1CC1CC1. The van der Waals surface area contributed by atoms with Crippen LogP contribution in [0.3, 0.4) is 0 Å². The molecule has 6 nitrogen and oxygen atoms in total. The van der Waals surface area contributed by atoms with Crippen molar-refractivity contribution in [3.63, 3.8) is 0 Å². The molecule has 94 valence electrons. The minimum atomic E-state index is -1.01. The summed E-state index contributed by atoms with van der Waals surface area (Å²) in [4.78, 5) is 11.0. The largest absolute Gasteiger partial charge is 0.476 e. The van der Waals surface area contributed by atoms with Crippen LogP contribution in [0.2, 0.25) is 0 Å². The van der Waals surface area contributed by atoms with E-state index in [1.54, 1.807) is 4.68 Å². The smallest absolute Gasteiger partial charge is 0.358 e. The number of hydrogen-bond acceptors (Lipinski definition) is 4. The fraction of sp³-hybridized carbons (Fsp3) is 0.727. The van der Waals surface area contributed by atoms with Gasteiger partial charge in [0.15, 0.2) is 5.69 Å². The molecule has 2 rings (SSSR count). The maximum atomic E-state index is 11.0. The predicted octanol–water partition coefficient (Wildman–Crippen LogP) is 0.701. The second kappa shape index (κ2) is 5.27. The number of carboxylic acid groups (broad SMARTS) is 1. The van der Waals surface area contributed by atoms with Crippen LogP contribution in [0.4, 0.5) is 0 Å². The number of carbonyl (C=O) groups is 1. The molecule has 1 aliphatic rings. The second-order valence-corrected chi connectivity index (χ2v) is 4.49. The molecular formula is C11H17N3O3. The first-order valence-corrected chi connectivity index (χ1v) is 5.99. The monoisotopic (exact) mass is 239 g/mol. The van der Waals surface area contributed by atoms with Gasteiger partial charge in [-0.1, -0.05) is 5.21 Å². The van der Waals surface area contributed by atoms with Crippen LogP contribution in [-0.4, -0.2) is 37.8 Å². The predicted molar refractivity (Wildman–Crippen MR) is 59.7 cm³/mol. The maximum absolute atomic E-state index is 11.0. The first-order valence-electron chi connectivity index (χ1n) is 5.99. The Morgan fingerprint density at radius 3 is 2.76 bits per heavy atom. The fourth-order valence-corrected chi connectivity index (χ4v) is 1.85. The van der Waals surface area contributed by atoms with Crippen molar-refractivity contribution in [1.29, 1.82) is 0 Å². The fourth-order valence-electron chi connectivity index (χ4n) is 1.85. The number of nitrogens with zero attached hydrogens (tertiary/aromatic N) is 3. The van der Waals surface area contributed by atoms with Crippen LogP contribution in [0.1, 0.15) is 41.9 Å². The number of aliphatic hydroxyl groups excluding tert-OH is 1. The topological polar surface area (TPSA) is 88.2 Å². The van der Waals surface area contributed by atoms with E-state index >= 15 is 0 Å². The second-order valence-electron chi connectivity index (χ2n) is 4.49. The summed E-state index contributed by atoms with van der Waals surface area (Å²) >= 11 is 0. The Balaban J connectivity index is 2.09. The molecule has 1 aromatic rings. The first kappa shape index (κ1) is 12.0. The van der Waals surface area contributed by atoms with Crippen molar-refractivity contribution in [3.05, 3.63) is 11.4 Å². The number of unbranched alkanes of at least 4 members (excludes halogenated alkanes) is 1. The number of carboxylic acids is 1. The molecule has 0 bridgehead atoms. The van der Waals surface area contributed by atoms with Gasteiger partial charge in [-0.15, -0.1) is 5.10 Å². The van der Waals surface area contributed by atoms with Crippen molar-refractivity contribution in [3.8, 4) is 0 Å². The van der Waals surface area contributed by atoms with E-state index < -0.39 is 5.97 Å². The molecule has 0 radical (unpaired) electrons. The summed E-state index contributed by atoms with van der Waals surface area (Å²) in [5.74, 6) is -0.405. The van der Waals surface area contributed by atoms with Gasteiger partial charge in [-0.3, -0.25) is 0 Å². The van der Waals surface area contributed by atoms with Crippen molar-refractivity contribution < 1.29 is 15.0 Å². The van der Waals surface area contributed by atoms with Gasteiger partial charge in [-0.2, -0.15) is 0 Å². The van der Waals surface area contributed by atoms with Gasteiger partial charge in [0.2, 0.25) is 0 Å². The summed E-state index contributed by atoms with van der Waals surface area (Å²) in [7, 11) is 0. The maximum Gasteiger partial charge on any atom is 0.358 e. The van der Waals surface area contributed by atoms with Crippen molar-refractivity contribution in [1.82, 2.24) is 15.0 Å². The Hall–Kier alpha value is -1.43. The number of aliphatic hydroxyl groups is 1. The lowest BCUT2D eigenvalue weighted by Gasteiger charge is -2.05. The Morgan fingerprint density at radius 1 is 1.41 bits per heavy atom. The van der Waals surface area contributed by atoms with Crippen LogP contribution in [0.25, 0.3) is 0 Å². The average molecular weight is 239 g/mol. The molecule has 1 aliphatic carbocycles. The van der Waals surface area contributed by atoms with E-state index in [4.69, 9.17) is 10.2 Å². The lowest BCUT2D eigenvalue weighted by Crippen LogP contribution is -2.10. The quantitative estimate of drug-likeness (QED) is 0.684. The van der Waals surface area contributed by atoms with Crippen LogP contribution in [-0.2, 0) is 13.0 Å². The van der Waals surface area contributed by atoms with Gasteiger partial charge >= 0.3 is 5.97 Å². The molecule has 0 aliphatic heterocycles. The van der Waals surface area contributed by atoms with Crippen LogP contribution < -0.4 is 0 Å². The van der Waals surface area contributed by atoms with Crippen molar-refractivity contribution in [2.24, 2.45) is 5.92 Å². The Bertz CT molecular complexity index is 399. The van der Waals surface area contributed by atoms with Gasteiger partial charge in [0.1, 0.15) is 0 Å². The number of aromatic carboxylic acids is 1. The molecule has 0 spiro atoms. The van der Waals surface area contributed by atoms with E-state index in [0.29, 0.717) is 18.9 Å². The van der Waals surface area contributed by atoms with E-state index in [2.05, 4.69) is 10.3 Å². The lowest BCUT2D eigenvalue weighted by atomic mass is 10.1. The van der Waals surface area contributed by atoms with Crippen molar-refractivity contribution >= 4 is 5.97 Å². The van der Waals surface area contributed by atoms with Crippen LogP contribution in [0, 0.1) is 5.92 Å². The molecule has 1 heterocycles. The molecule has 0 unspecified atom stereocenters. The molecule has 0 atom stereocenters. The molecule has 2 N–H and O–H groups in total. The Kier molecular flexibility index (Phi) is 3.73. The lowest BCUT2D eigenvalue weighted by molar-refractivity contribution is 0.0689. The summed E-state index contributed by atoms with van der Waals surface area (Å²) in [6.07, 6.45) is 4.58. The van der Waals surface area contributed by atoms with Gasteiger partial charge in [0.25, 0.3) is 0 Å². The van der Waals surface area contributed by atoms with E-state index in [1.165, 1.54) is 12.8 Å². The number of hydrogen-bond donors (Lipinski definition) is 2. The normalized spacial score (nSPS) is 15.1. The summed E-state index contributed by atoms with van der Waals surface area (Å²) in [5, 5.41) is 25.4. The minimum absolute atomic E-state index is 0.0842. The standard InChI is InChI=1S/C11H17N3O3/c15-6-2-1-5-14-9(7-8-3-4-8)10(11(16)17)12-13-14/h8,15H,1-7H2,(H,16,17). The minimum Gasteiger partial charge on any atom is -0.476 e. The number of aryl methyl sites for hydroxylation is 1. The zero-order chi connectivity index (χ0) is 12.3. The van der Waals surface area contributed by atoms with Crippen LogP contribution >= 0.6 is 0 Å². The van der Waals surface area contributed by atoms with E-state index in [0.717, 1.165) is 18.5 Å². The van der Waals surface area contributed by atoms with E-state index in [1.807, 2.05) is 0 Å². The van der Waals surface area contributed by atoms with Crippen LogP contribution in [0.5, 0.6) is 0 Å².